The topological polar surface area (TPSA) is 112 Å². The Balaban J connectivity index is 1.88. The molecule has 0 aliphatic rings. The van der Waals surface area contributed by atoms with Crippen LogP contribution in [0, 0.1) is 5.82 Å². The minimum absolute atomic E-state index is 0.302. The molecule has 0 spiro atoms. The van der Waals surface area contributed by atoms with Crippen LogP contribution in [0.3, 0.4) is 0 Å². The number of carbonyl (C=O) groups is 3. The SMILES string of the molecule is NC(=O)CNC(=O)COC(=O)/C=C/c1ccc(-c2ccccc2F)o1. The second-order valence-electron chi connectivity index (χ2n) is 4.87. The van der Waals surface area contributed by atoms with Crippen LogP contribution in [-0.4, -0.2) is 30.9 Å². The van der Waals surface area contributed by atoms with Crippen molar-refractivity contribution in [1.82, 2.24) is 5.32 Å². The van der Waals surface area contributed by atoms with Gasteiger partial charge in [-0.1, -0.05) is 12.1 Å². The van der Waals surface area contributed by atoms with Gasteiger partial charge in [-0.3, -0.25) is 9.59 Å². The van der Waals surface area contributed by atoms with Gasteiger partial charge in [0.2, 0.25) is 5.91 Å². The number of primary amides is 1. The van der Waals surface area contributed by atoms with Crippen LogP contribution in [0.2, 0.25) is 0 Å². The fourth-order valence-corrected chi connectivity index (χ4v) is 1.82. The summed E-state index contributed by atoms with van der Waals surface area (Å²) in [5.74, 6) is -1.93. The predicted molar refractivity (Wildman–Crippen MR) is 86.3 cm³/mol. The maximum absolute atomic E-state index is 13.7. The van der Waals surface area contributed by atoms with E-state index in [0.717, 1.165) is 6.08 Å². The van der Waals surface area contributed by atoms with E-state index in [1.165, 1.54) is 12.1 Å². The number of nitrogens with one attached hydrogen (secondary N) is 1. The number of esters is 1. The molecule has 0 bridgehead atoms. The van der Waals surface area contributed by atoms with E-state index in [2.05, 4.69) is 10.1 Å². The molecule has 0 atom stereocenters. The molecule has 1 aromatic heterocycles. The van der Waals surface area contributed by atoms with Crippen LogP contribution in [0.15, 0.2) is 46.9 Å². The molecule has 2 amide bonds. The normalized spacial score (nSPS) is 10.6. The highest BCUT2D eigenvalue weighted by molar-refractivity contribution is 5.90. The molecular formula is C17H15FN2O5. The van der Waals surface area contributed by atoms with Crippen molar-refractivity contribution in [2.75, 3.05) is 13.2 Å². The number of carbonyl (C=O) groups excluding carboxylic acids is 3. The van der Waals surface area contributed by atoms with E-state index in [9.17, 15) is 18.8 Å². The number of rotatable bonds is 7. The molecule has 0 fully saturated rings. The summed E-state index contributed by atoms with van der Waals surface area (Å²) in [5, 5.41) is 2.17. The van der Waals surface area contributed by atoms with Gasteiger partial charge < -0.3 is 20.2 Å². The number of hydrogen-bond acceptors (Lipinski definition) is 5. The molecule has 3 N–H and O–H groups in total. The number of halogens is 1. The lowest BCUT2D eigenvalue weighted by Gasteiger charge is -2.02. The van der Waals surface area contributed by atoms with Gasteiger partial charge in [0.1, 0.15) is 17.3 Å². The summed E-state index contributed by atoms with van der Waals surface area (Å²) in [6.45, 7) is -0.882. The molecule has 0 saturated carbocycles. The third-order valence-corrected chi connectivity index (χ3v) is 2.96. The van der Waals surface area contributed by atoms with E-state index >= 15 is 0 Å². The van der Waals surface area contributed by atoms with Crippen LogP contribution in [-0.2, 0) is 19.1 Å². The molecule has 0 saturated heterocycles. The zero-order chi connectivity index (χ0) is 18.2. The first-order chi connectivity index (χ1) is 12.0. The Morgan fingerprint density at radius 2 is 1.96 bits per heavy atom. The summed E-state index contributed by atoms with van der Waals surface area (Å²) < 4.78 is 23.8. The molecule has 1 heterocycles. The van der Waals surface area contributed by atoms with Gasteiger partial charge in [0.05, 0.1) is 12.1 Å². The second kappa shape index (κ2) is 8.44. The predicted octanol–water partition coefficient (Wildman–Crippen LogP) is 1.24. The van der Waals surface area contributed by atoms with Crippen molar-refractivity contribution in [2.45, 2.75) is 0 Å². The maximum atomic E-state index is 13.7. The van der Waals surface area contributed by atoms with E-state index in [1.807, 2.05) is 0 Å². The van der Waals surface area contributed by atoms with E-state index < -0.39 is 30.2 Å². The number of amides is 2. The van der Waals surface area contributed by atoms with Crippen molar-refractivity contribution < 1.29 is 27.9 Å². The molecule has 2 aromatic rings. The average Bonchev–Trinajstić information content (AvgIpc) is 3.05. The van der Waals surface area contributed by atoms with Gasteiger partial charge in [-0.2, -0.15) is 0 Å². The van der Waals surface area contributed by atoms with Gasteiger partial charge in [-0.15, -0.1) is 0 Å². The van der Waals surface area contributed by atoms with Gasteiger partial charge in [-0.05, 0) is 30.3 Å². The molecule has 130 valence electrons. The minimum atomic E-state index is -0.780. The lowest BCUT2D eigenvalue weighted by Crippen LogP contribution is -2.35. The minimum Gasteiger partial charge on any atom is -0.457 e. The Hall–Kier alpha value is -3.42. The number of ether oxygens (including phenoxy) is 1. The Kier molecular flexibility index (Phi) is 6.05. The van der Waals surface area contributed by atoms with Crippen LogP contribution in [0.1, 0.15) is 5.76 Å². The molecule has 0 aliphatic carbocycles. The highest BCUT2D eigenvalue weighted by Crippen LogP contribution is 2.25. The van der Waals surface area contributed by atoms with Crippen LogP contribution >= 0.6 is 0 Å². The summed E-state index contributed by atoms with van der Waals surface area (Å²) in [5.41, 5.74) is 5.16. The van der Waals surface area contributed by atoms with E-state index in [4.69, 9.17) is 10.2 Å². The van der Waals surface area contributed by atoms with Gasteiger partial charge in [0.15, 0.2) is 6.61 Å². The Morgan fingerprint density at radius 1 is 1.20 bits per heavy atom. The van der Waals surface area contributed by atoms with Crippen LogP contribution in [0.4, 0.5) is 4.39 Å². The van der Waals surface area contributed by atoms with Gasteiger partial charge in [0, 0.05) is 6.08 Å². The zero-order valence-corrected chi connectivity index (χ0v) is 13.0. The van der Waals surface area contributed by atoms with Crippen molar-refractivity contribution in [3.05, 3.63) is 54.1 Å². The van der Waals surface area contributed by atoms with Crippen molar-refractivity contribution >= 4 is 23.9 Å². The molecule has 7 nitrogen and oxygen atoms in total. The average molecular weight is 346 g/mol. The fourth-order valence-electron chi connectivity index (χ4n) is 1.82. The molecule has 1 aromatic carbocycles. The Labute approximate surface area is 142 Å². The Bertz CT molecular complexity index is 813. The molecule has 0 aliphatic heterocycles. The van der Waals surface area contributed by atoms with Gasteiger partial charge in [0.25, 0.3) is 5.91 Å². The molecule has 0 radical (unpaired) electrons. The lowest BCUT2D eigenvalue weighted by atomic mass is 10.1. The second-order valence-corrected chi connectivity index (χ2v) is 4.87. The smallest absolute Gasteiger partial charge is 0.331 e. The summed E-state index contributed by atoms with van der Waals surface area (Å²) in [7, 11) is 0. The van der Waals surface area contributed by atoms with Gasteiger partial charge >= 0.3 is 5.97 Å². The van der Waals surface area contributed by atoms with E-state index in [1.54, 1.807) is 30.3 Å². The van der Waals surface area contributed by atoms with Crippen LogP contribution in [0.25, 0.3) is 17.4 Å². The number of hydrogen-bond donors (Lipinski definition) is 2. The summed E-state index contributed by atoms with van der Waals surface area (Å²) >= 11 is 0. The quantitative estimate of drug-likeness (QED) is 0.579. The molecule has 0 unspecified atom stereocenters. The number of benzene rings is 1. The highest BCUT2D eigenvalue weighted by Gasteiger charge is 2.09. The van der Waals surface area contributed by atoms with E-state index in [0.29, 0.717) is 17.1 Å². The molecule has 8 heteroatoms. The molecular weight excluding hydrogens is 331 g/mol. The van der Waals surface area contributed by atoms with Gasteiger partial charge in [-0.25, -0.2) is 9.18 Å². The fraction of sp³-hybridized carbons (Fsp3) is 0.118. The first-order valence-electron chi connectivity index (χ1n) is 7.20. The van der Waals surface area contributed by atoms with Crippen molar-refractivity contribution in [2.24, 2.45) is 5.73 Å². The monoisotopic (exact) mass is 346 g/mol. The third-order valence-electron chi connectivity index (χ3n) is 2.96. The summed E-state index contributed by atoms with van der Waals surface area (Å²) in [6, 6.07) is 9.26. The first kappa shape index (κ1) is 17.9. The van der Waals surface area contributed by atoms with Crippen molar-refractivity contribution in [3.8, 4) is 11.3 Å². The lowest BCUT2D eigenvalue weighted by molar-refractivity contribution is -0.143. The summed E-state index contributed by atoms with van der Waals surface area (Å²) in [6.07, 6.45) is 2.39. The number of furan rings is 1. The molecule has 25 heavy (non-hydrogen) atoms. The molecule has 2 rings (SSSR count). The zero-order valence-electron chi connectivity index (χ0n) is 13.0. The standard InChI is InChI=1S/C17H15FN2O5/c18-13-4-2-1-3-12(13)14-7-5-11(25-14)6-8-17(23)24-10-16(22)20-9-15(19)21/h1-8H,9-10H2,(H2,19,21)(H,20,22)/b8-6+. The first-order valence-corrected chi connectivity index (χ1v) is 7.20. The third kappa shape index (κ3) is 5.61. The van der Waals surface area contributed by atoms with Crippen LogP contribution in [0.5, 0.6) is 0 Å². The highest BCUT2D eigenvalue weighted by atomic mass is 19.1. The van der Waals surface area contributed by atoms with Crippen LogP contribution < -0.4 is 11.1 Å². The maximum Gasteiger partial charge on any atom is 0.331 e. The Morgan fingerprint density at radius 3 is 2.68 bits per heavy atom. The van der Waals surface area contributed by atoms with E-state index in [-0.39, 0.29) is 6.54 Å². The van der Waals surface area contributed by atoms with Crippen molar-refractivity contribution in [3.63, 3.8) is 0 Å². The largest absolute Gasteiger partial charge is 0.457 e. The number of nitrogens with two attached hydrogens (primary N) is 1. The summed E-state index contributed by atoms with van der Waals surface area (Å²) in [4.78, 5) is 33.2. The van der Waals surface area contributed by atoms with Crippen molar-refractivity contribution in [1.29, 1.82) is 0 Å².